The maximum absolute atomic E-state index is 13.1. The molecule has 0 bridgehead atoms. The quantitative estimate of drug-likeness (QED) is 0.755. The summed E-state index contributed by atoms with van der Waals surface area (Å²) in [6.07, 6.45) is 2.58. The van der Waals surface area contributed by atoms with E-state index < -0.39 is 0 Å². The molecule has 3 heteroatoms. The van der Waals surface area contributed by atoms with Gasteiger partial charge in [0.05, 0.1) is 0 Å². The molecule has 1 fully saturated rings. The summed E-state index contributed by atoms with van der Waals surface area (Å²) < 4.78 is 13.8. The van der Waals surface area contributed by atoms with Crippen molar-refractivity contribution in [1.82, 2.24) is 4.90 Å². The predicted octanol–water partition coefficient (Wildman–Crippen LogP) is 3.41. The van der Waals surface area contributed by atoms with Gasteiger partial charge in [-0.15, -0.1) is 0 Å². The van der Waals surface area contributed by atoms with E-state index in [2.05, 4.69) is 11.8 Å². The minimum Gasteiger partial charge on any atom is -0.296 e. The zero-order valence-electron chi connectivity index (χ0n) is 8.84. The summed E-state index contributed by atoms with van der Waals surface area (Å²) in [6, 6.07) is 6.08. The second-order valence-electron chi connectivity index (χ2n) is 4.21. The molecule has 1 aromatic carbocycles. The Morgan fingerprint density at radius 1 is 1.53 bits per heavy atom. The molecule has 1 nitrogen and oxygen atoms in total. The second-order valence-corrected chi connectivity index (χ2v) is 5.37. The first-order valence-corrected chi connectivity index (χ1v) is 6.42. The molecule has 1 saturated heterocycles. The summed E-state index contributed by atoms with van der Waals surface area (Å²) in [6.45, 7) is 4.40. The van der Waals surface area contributed by atoms with Crippen molar-refractivity contribution >= 4 is 22.6 Å². The highest BCUT2D eigenvalue weighted by Crippen LogP contribution is 2.21. The van der Waals surface area contributed by atoms with Crippen molar-refractivity contribution in [3.8, 4) is 0 Å². The molecule has 0 radical (unpaired) electrons. The van der Waals surface area contributed by atoms with Crippen molar-refractivity contribution < 1.29 is 4.39 Å². The zero-order chi connectivity index (χ0) is 10.8. The van der Waals surface area contributed by atoms with Gasteiger partial charge in [0.25, 0.3) is 0 Å². The lowest BCUT2D eigenvalue weighted by molar-refractivity contribution is 0.260. The summed E-state index contributed by atoms with van der Waals surface area (Å²) in [5, 5.41) is 0. The van der Waals surface area contributed by atoms with Gasteiger partial charge in [-0.2, -0.15) is 0 Å². The van der Waals surface area contributed by atoms with Gasteiger partial charge < -0.3 is 0 Å². The maximum Gasteiger partial charge on any atom is 0.136 e. The zero-order valence-corrected chi connectivity index (χ0v) is 11.0. The fourth-order valence-corrected chi connectivity index (χ4v) is 2.68. The summed E-state index contributed by atoms with van der Waals surface area (Å²) in [7, 11) is 0. The van der Waals surface area contributed by atoms with Crippen LogP contribution < -0.4 is 0 Å². The third kappa shape index (κ3) is 2.69. The lowest BCUT2D eigenvalue weighted by atomic mass is 10.2. The van der Waals surface area contributed by atoms with E-state index in [1.165, 1.54) is 24.9 Å². The third-order valence-corrected chi connectivity index (χ3v) is 3.89. The molecular weight excluding hydrogens is 304 g/mol. The van der Waals surface area contributed by atoms with Gasteiger partial charge in [0.1, 0.15) is 5.82 Å². The summed E-state index contributed by atoms with van der Waals surface area (Å²) in [5.41, 5.74) is 1.22. The predicted molar refractivity (Wildman–Crippen MR) is 68.2 cm³/mol. The van der Waals surface area contributed by atoms with Crippen LogP contribution in [0, 0.1) is 9.39 Å². The molecule has 0 aliphatic carbocycles. The molecule has 0 N–H and O–H groups in total. The molecule has 0 amide bonds. The Bertz CT molecular complexity index is 353. The van der Waals surface area contributed by atoms with Crippen molar-refractivity contribution in [2.24, 2.45) is 0 Å². The Balaban J connectivity index is 2.07. The fourth-order valence-electron chi connectivity index (χ4n) is 2.10. The maximum atomic E-state index is 13.1. The molecular formula is C12H15FIN. The Morgan fingerprint density at radius 3 is 2.93 bits per heavy atom. The first-order chi connectivity index (χ1) is 7.16. The molecule has 1 atom stereocenters. The van der Waals surface area contributed by atoms with Crippen LogP contribution in [0.5, 0.6) is 0 Å². The molecule has 0 saturated carbocycles. The van der Waals surface area contributed by atoms with E-state index in [-0.39, 0.29) is 5.82 Å². The Morgan fingerprint density at radius 2 is 2.33 bits per heavy atom. The molecule has 1 aliphatic rings. The van der Waals surface area contributed by atoms with E-state index in [4.69, 9.17) is 0 Å². The van der Waals surface area contributed by atoms with E-state index in [9.17, 15) is 4.39 Å². The summed E-state index contributed by atoms with van der Waals surface area (Å²) in [4.78, 5) is 2.46. The van der Waals surface area contributed by atoms with Crippen LogP contribution >= 0.6 is 22.6 Å². The molecule has 0 aromatic heterocycles. The van der Waals surface area contributed by atoms with Crippen LogP contribution in [-0.2, 0) is 6.54 Å². The van der Waals surface area contributed by atoms with Crippen LogP contribution in [0.2, 0.25) is 0 Å². The molecule has 1 unspecified atom stereocenters. The average Bonchev–Trinajstić information content (AvgIpc) is 2.59. The van der Waals surface area contributed by atoms with Crippen LogP contribution in [0.4, 0.5) is 4.39 Å². The van der Waals surface area contributed by atoms with Gasteiger partial charge in [-0.1, -0.05) is 6.07 Å². The largest absolute Gasteiger partial charge is 0.296 e. The van der Waals surface area contributed by atoms with E-state index in [1.807, 2.05) is 34.7 Å². The minimum atomic E-state index is -0.117. The number of benzene rings is 1. The average molecular weight is 319 g/mol. The van der Waals surface area contributed by atoms with Crippen molar-refractivity contribution in [2.75, 3.05) is 6.54 Å². The number of halogens is 2. The highest BCUT2D eigenvalue weighted by molar-refractivity contribution is 14.1. The normalized spacial score (nSPS) is 22.2. The number of nitrogens with zero attached hydrogens (tertiary/aromatic N) is 1. The smallest absolute Gasteiger partial charge is 0.136 e. The van der Waals surface area contributed by atoms with Gasteiger partial charge in [-0.3, -0.25) is 4.90 Å². The highest BCUT2D eigenvalue weighted by Gasteiger charge is 2.20. The van der Waals surface area contributed by atoms with Crippen LogP contribution in [-0.4, -0.2) is 17.5 Å². The van der Waals surface area contributed by atoms with Gasteiger partial charge in [-0.25, -0.2) is 4.39 Å². The van der Waals surface area contributed by atoms with Crippen molar-refractivity contribution in [3.05, 3.63) is 33.1 Å². The number of hydrogen-bond donors (Lipinski definition) is 0. The first-order valence-electron chi connectivity index (χ1n) is 5.35. The number of hydrogen-bond acceptors (Lipinski definition) is 1. The van der Waals surface area contributed by atoms with Crippen molar-refractivity contribution in [3.63, 3.8) is 0 Å². The third-order valence-electron chi connectivity index (χ3n) is 3.06. The summed E-state index contributed by atoms with van der Waals surface area (Å²) >= 11 is 2.05. The SMILES string of the molecule is CC1CCCN1Cc1ccc(F)c(I)c1. The van der Waals surface area contributed by atoms with Crippen LogP contribution in [0.25, 0.3) is 0 Å². The lowest BCUT2D eigenvalue weighted by Crippen LogP contribution is -2.26. The van der Waals surface area contributed by atoms with Crippen molar-refractivity contribution in [2.45, 2.75) is 32.4 Å². The Labute approximate surface area is 104 Å². The van der Waals surface area contributed by atoms with Gasteiger partial charge in [0.2, 0.25) is 0 Å². The monoisotopic (exact) mass is 319 g/mol. The molecule has 15 heavy (non-hydrogen) atoms. The molecule has 1 aromatic rings. The van der Waals surface area contributed by atoms with E-state index in [1.54, 1.807) is 6.07 Å². The molecule has 82 valence electrons. The van der Waals surface area contributed by atoms with Crippen molar-refractivity contribution in [1.29, 1.82) is 0 Å². The highest BCUT2D eigenvalue weighted by atomic mass is 127. The lowest BCUT2D eigenvalue weighted by Gasteiger charge is -2.20. The fraction of sp³-hybridized carbons (Fsp3) is 0.500. The molecule has 1 heterocycles. The number of rotatable bonds is 2. The standard InChI is InChI=1S/C12H15FIN/c1-9-3-2-6-15(9)8-10-4-5-11(13)12(14)7-10/h4-5,7,9H,2-3,6,8H2,1H3. The molecule has 0 spiro atoms. The second kappa shape index (κ2) is 4.78. The van der Waals surface area contributed by atoms with E-state index in [0.29, 0.717) is 6.04 Å². The Hall–Kier alpha value is -0.160. The van der Waals surface area contributed by atoms with Crippen LogP contribution in [0.1, 0.15) is 25.3 Å². The van der Waals surface area contributed by atoms with Gasteiger partial charge in [0.15, 0.2) is 0 Å². The van der Waals surface area contributed by atoms with Crippen LogP contribution in [0.15, 0.2) is 18.2 Å². The van der Waals surface area contributed by atoms with Crippen LogP contribution in [0.3, 0.4) is 0 Å². The minimum absolute atomic E-state index is 0.117. The first kappa shape index (κ1) is 11.3. The van der Waals surface area contributed by atoms with Gasteiger partial charge in [0, 0.05) is 16.2 Å². The Kier molecular flexibility index (Phi) is 3.61. The van der Waals surface area contributed by atoms with Gasteiger partial charge in [-0.05, 0) is 66.6 Å². The summed E-state index contributed by atoms with van der Waals surface area (Å²) in [5.74, 6) is -0.117. The van der Waals surface area contributed by atoms with E-state index in [0.717, 1.165) is 10.1 Å². The number of likely N-dealkylation sites (tertiary alicyclic amines) is 1. The van der Waals surface area contributed by atoms with E-state index >= 15 is 0 Å². The molecule has 2 rings (SSSR count). The topological polar surface area (TPSA) is 3.24 Å². The molecule has 1 aliphatic heterocycles. The van der Waals surface area contributed by atoms with Gasteiger partial charge >= 0.3 is 0 Å².